The van der Waals surface area contributed by atoms with Gasteiger partial charge in [-0.25, -0.2) is 0 Å². The van der Waals surface area contributed by atoms with Crippen molar-refractivity contribution in [2.24, 2.45) is 0 Å². The van der Waals surface area contributed by atoms with Crippen LogP contribution in [0.25, 0.3) is 11.3 Å². The zero-order valence-electron chi connectivity index (χ0n) is 23.0. The van der Waals surface area contributed by atoms with Crippen LogP contribution in [-0.4, -0.2) is 4.98 Å². The van der Waals surface area contributed by atoms with Crippen LogP contribution in [-0.2, 0) is 21.7 Å². The number of nitrogens with zero attached hydrogens (tertiary/aromatic N) is 1. The summed E-state index contributed by atoms with van der Waals surface area (Å²) in [6.07, 6.45) is 2.02. The minimum absolute atomic E-state index is 0.0380. The van der Waals surface area contributed by atoms with Gasteiger partial charge in [0, 0.05) is 33.4 Å². The van der Waals surface area contributed by atoms with Gasteiger partial charge in [0.1, 0.15) is 0 Å². The number of rotatable bonds is 1. The number of aromatic nitrogens is 1. The topological polar surface area (TPSA) is 12.9 Å². The molecule has 0 saturated heterocycles. The summed E-state index contributed by atoms with van der Waals surface area (Å²) in [7, 11) is 0. The van der Waals surface area contributed by atoms with E-state index in [0.717, 1.165) is 5.69 Å². The predicted octanol–water partition coefficient (Wildman–Crippen LogP) is 8.68. The summed E-state index contributed by atoms with van der Waals surface area (Å²) >= 11 is 0. The quantitative estimate of drug-likeness (QED) is 0.271. The van der Waals surface area contributed by atoms with Crippen LogP contribution in [0, 0.1) is 0 Å². The monoisotopic (exact) mass is 471 g/mol. The lowest BCUT2D eigenvalue weighted by Crippen LogP contribution is -2.37. The SMILES string of the molecule is CC1(C)c2ccccc2C(C)(C)c2cc(-c3nccc4c3C(C)(C)c3ccccc3C4(C)C)ccc21. The molecular weight excluding hydrogens is 434 g/mol. The number of hydrogen-bond donors (Lipinski definition) is 0. The van der Waals surface area contributed by atoms with Gasteiger partial charge in [0.05, 0.1) is 5.69 Å². The van der Waals surface area contributed by atoms with Crippen LogP contribution in [0.15, 0.2) is 79.0 Å². The Labute approximate surface area is 216 Å². The molecule has 182 valence electrons. The third-order valence-electron chi connectivity index (χ3n) is 9.44. The van der Waals surface area contributed by atoms with Crippen molar-refractivity contribution in [1.82, 2.24) is 4.98 Å². The summed E-state index contributed by atoms with van der Waals surface area (Å²) in [5.74, 6) is 0. The Kier molecular flexibility index (Phi) is 4.64. The first-order valence-electron chi connectivity index (χ1n) is 13.2. The van der Waals surface area contributed by atoms with E-state index in [1.54, 1.807) is 0 Å². The molecule has 36 heavy (non-hydrogen) atoms. The zero-order valence-corrected chi connectivity index (χ0v) is 23.0. The van der Waals surface area contributed by atoms with E-state index in [0.29, 0.717) is 0 Å². The number of hydrogen-bond acceptors (Lipinski definition) is 1. The van der Waals surface area contributed by atoms with Crippen molar-refractivity contribution in [3.8, 4) is 11.3 Å². The van der Waals surface area contributed by atoms with E-state index in [1.165, 1.54) is 50.1 Å². The van der Waals surface area contributed by atoms with Gasteiger partial charge in [-0.1, -0.05) is 116 Å². The van der Waals surface area contributed by atoms with Crippen molar-refractivity contribution in [2.45, 2.75) is 77.0 Å². The molecule has 1 heterocycles. The maximum atomic E-state index is 5.07. The first-order valence-corrected chi connectivity index (χ1v) is 13.2. The average Bonchev–Trinajstić information content (AvgIpc) is 2.86. The lowest BCUT2D eigenvalue weighted by molar-refractivity contribution is 0.518. The van der Waals surface area contributed by atoms with Crippen LogP contribution in [0.4, 0.5) is 0 Å². The molecule has 0 atom stereocenters. The molecule has 0 unspecified atom stereocenters. The number of pyridine rings is 1. The Bertz CT molecular complexity index is 1530. The van der Waals surface area contributed by atoms with Crippen LogP contribution in [0.5, 0.6) is 0 Å². The molecule has 1 heteroatoms. The molecule has 4 aromatic rings. The molecule has 2 aliphatic carbocycles. The molecule has 0 spiro atoms. The summed E-state index contributed by atoms with van der Waals surface area (Å²) in [6, 6.07) is 27.3. The van der Waals surface area contributed by atoms with Crippen LogP contribution in [0.2, 0.25) is 0 Å². The van der Waals surface area contributed by atoms with Crippen LogP contribution in [0.1, 0.15) is 99.9 Å². The van der Waals surface area contributed by atoms with Crippen molar-refractivity contribution in [3.63, 3.8) is 0 Å². The second-order valence-electron chi connectivity index (χ2n) is 12.9. The average molecular weight is 472 g/mol. The second-order valence-corrected chi connectivity index (χ2v) is 12.9. The highest BCUT2D eigenvalue weighted by Gasteiger charge is 2.44. The predicted molar refractivity (Wildman–Crippen MR) is 151 cm³/mol. The van der Waals surface area contributed by atoms with Crippen molar-refractivity contribution in [3.05, 3.63) is 124 Å². The van der Waals surface area contributed by atoms with Crippen molar-refractivity contribution < 1.29 is 0 Å². The van der Waals surface area contributed by atoms with E-state index in [1.807, 2.05) is 6.20 Å². The smallest absolute Gasteiger partial charge is 0.0745 e. The standard InChI is InChI=1S/C35H37N/c1-32(2)23-13-9-10-14-24(23)34(5,6)29-21-22(17-18-27(29)32)31-30-28(19-20-36-31)33(3,4)25-15-11-12-16-26(25)35(30,7)8/h9-21H,1-8H3. The summed E-state index contributed by atoms with van der Waals surface area (Å²) < 4.78 is 0. The minimum Gasteiger partial charge on any atom is -0.256 e. The molecule has 3 aromatic carbocycles. The van der Waals surface area contributed by atoms with E-state index in [2.05, 4.69) is 128 Å². The largest absolute Gasteiger partial charge is 0.256 e. The van der Waals surface area contributed by atoms with Gasteiger partial charge in [-0.15, -0.1) is 0 Å². The minimum atomic E-state index is -0.137. The molecule has 6 rings (SSSR count). The van der Waals surface area contributed by atoms with Gasteiger partial charge < -0.3 is 0 Å². The van der Waals surface area contributed by atoms with Gasteiger partial charge in [0.2, 0.25) is 0 Å². The highest BCUT2D eigenvalue weighted by atomic mass is 14.7. The molecule has 0 N–H and O–H groups in total. The van der Waals surface area contributed by atoms with Gasteiger partial charge in [-0.2, -0.15) is 0 Å². The fourth-order valence-corrected chi connectivity index (χ4v) is 7.30. The van der Waals surface area contributed by atoms with Gasteiger partial charge in [0.15, 0.2) is 0 Å². The Balaban J connectivity index is 1.61. The fraction of sp³-hybridized carbons (Fsp3) is 0.343. The summed E-state index contributed by atoms with van der Waals surface area (Å²) in [5.41, 5.74) is 13.3. The Morgan fingerprint density at radius 3 is 1.44 bits per heavy atom. The second kappa shape index (κ2) is 7.19. The third kappa shape index (κ3) is 2.86. The molecule has 1 nitrogen and oxygen atoms in total. The van der Waals surface area contributed by atoms with Crippen LogP contribution in [0.3, 0.4) is 0 Å². The summed E-state index contributed by atoms with van der Waals surface area (Å²) in [6.45, 7) is 18.9. The van der Waals surface area contributed by atoms with Gasteiger partial charge >= 0.3 is 0 Å². The molecule has 0 saturated carbocycles. The number of benzene rings is 3. The molecule has 0 fully saturated rings. The molecule has 0 aliphatic heterocycles. The van der Waals surface area contributed by atoms with E-state index >= 15 is 0 Å². The molecular formula is C35H37N. The van der Waals surface area contributed by atoms with Crippen LogP contribution >= 0.6 is 0 Å². The molecule has 1 aromatic heterocycles. The zero-order chi connectivity index (χ0) is 25.7. The van der Waals surface area contributed by atoms with Crippen molar-refractivity contribution in [2.75, 3.05) is 0 Å². The summed E-state index contributed by atoms with van der Waals surface area (Å²) in [4.78, 5) is 5.07. The van der Waals surface area contributed by atoms with Crippen molar-refractivity contribution >= 4 is 0 Å². The normalized spacial score (nSPS) is 19.4. The van der Waals surface area contributed by atoms with E-state index < -0.39 is 0 Å². The molecule has 2 aliphatic rings. The Hall–Kier alpha value is -3.19. The van der Waals surface area contributed by atoms with E-state index in [4.69, 9.17) is 4.98 Å². The van der Waals surface area contributed by atoms with Gasteiger partial charge in [-0.3, -0.25) is 4.98 Å². The molecule has 0 radical (unpaired) electrons. The molecule has 0 bridgehead atoms. The Morgan fingerprint density at radius 2 is 0.889 bits per heavy atom. The van der Waals surface area contributed by atoms with Crippen molar-refractivity contribution in [1.29, 1.82) is 0 Å². The first-order chi connectivity index (χ1) is 16.9. The highest BCUT2D eigenvalue weighted by molar-refractivity contribution is 5.74. The lowest BCUT2D eigenvalue weighted by Gasteiger charge is -2.45. The van der Waals surface area contributed by atoms with E-state index in [9.17, 15) is 0 Å². The summed E-state index contributed by atoms with van der Waals surface area (Å²) in [5, 5.41) is 0. The van der Waals surface area contributed by atoms with E-state index in [-0.39, 0.29) is 21.7 Å². The Morgan fingerprint density at radius 1 is 0.444 bits per heavy atom. The van der Waals surface area contributed by atoms with Crippen LogP contribution < -0.4 is 0 Å². The highest BCUT2D eigenvalue weighted by Crippen LogP contribution is 2.54. The number of fused-ring (bicyclic) bond motifs is 4. The van der Waals surface area contributed by atoms with Gasteiger partial charge in [0.25, 0.3) is 0 Å². The maximum absolute atomic E-state index is 5.07. The third-order valence-corrected chi connectivity index (χ3v) is 9.44. The molecule has 0 amide bonds. The fourth-order valence-electron chi connectivity index (χ4n) is 7.30. The first kappa shape index (κ1) is 23.2. The van der Waals surface area contributed by atoms with Gasteiger partial charge in [-0.05, 0) is 56.6 Å². The lowest BCUT2D eigenvalue weighted by atomic mass is 9.58. The maximum Gasteiger partial charge on any atom is 0.0745 e.